The first-order chi connectivity index (χ1) is 8.60. The van der Waals surface area contributed by atoms with E-state index in [4.69, 9.17) is 0 Å². The summed E-state index contributed by atoms with van der Waals surface area (Å²) in [4.78, 5) is 13.2. The largest absolute Gasteiger partial charge is 0.298 e. The van der Waals surface area contributed by atoms with Crippen LogP contribution in [0.25, 0.3) is 0 Å². The van der Waals surface area contributed by atoms with E-state index in [1.165, 1.54) is 11.1 Å². The molecule has 3 heteroatoms. The lowest BCUT2D eigenvalue weighted by molar-refractivity contribution is 0.112. The van der Waals surface area contributed by atoms with E-state index in [2.05, 4.69) is 48.0 Å². The second-order valence-corrected chi connectivity index (χ2v) is 6.18. The molecule has 0 radical (unpaired) electrons. The molecule has 2 aromatic rings. The third kappa shape index (κ3) is 3.03. The highest BCUT2D eigenvalue weighted by Gasteiger charge is 2.05. The van der Waals surface area contributed by atoms with E-state index in [-0.39, 0.29) is 0 Å². The third-order valence-corrected chi connectivity index (χ3v) is 4.38. The Bertz CT molecular complexity index is 593. The normalized spacial score (nSPS) is 10.4. The molecule has 0 amide bonds. The molecule has 0 aliphatic heterocycles. The number of hydrogen-bond acceptors (Lipinski definition) is 2. The molecule has 0 saturated heterocycles. The number of aldehydes is 1. The molecule has 0 aromatic heterocycles. The number of halogens is 1. The predicted molar refractivity (Wildman–Crippen MR) is 79.6 cm³/mol. The summed E-state index contributed by atoms with van der Waals surface area (Å²) >= 11 is 4.99. The van der Waals surface area contributed by atoms with Crippen LogP contribution in [0.15, 0.2) is 50.7 Å². The van der Waals surface area contributed by atoms with Crippen LogP contribution in [0, 0.1) is 13.8 Å². The fourth-order valence-electron chi connectivity index (χ4n) is 1.61. The van der Waals surface area contributed by atoms with Gasteiger partial charge in [0.05, 0.1) is 0 Å². The zero-order valence-corrected chi connectivity index (χ0v) is 12.6. The lowest BCUT2D eigenvalue weighted by atomic mass is 10.1. The van der Waals surface area contributed by atoms with Gasteiger partial charge in [-0.25, -0.2) is 0 Å². The Morgan fingerprint density at radius 3 is 2.50 bits per heavy atom. The van der Waals surface area contributed by atoms with Crippen molar-refractivity contribution in [3.63, 3.8) is 0 Å². The lowest BCUT2D eigenvalue weighted by Gasteiger charge is -2.07. The monoisotopic (exact) mass is 320 g/mol. The first-order valence-corrected chi connectivity index (χ1v) is 7.21. The molecule has 0 aliphatic carbocycles. The topological polar surface area (TPSA) is 17.1 Å². The first-order valence-electron chi connectivity index (χ1n) is 5.60. The molecule has 0 spiro atoms. The average molecular weight is 321 g/mol. The van der Waals surface area contributed by atoms with Crippen LogP contribution in [-0.2, 0) is 0 Å². The van der Waals surface area contributed by atoms with Crippen LogP contribution in [0.5, 0.6) is 0 Å². The Kier molecular flexibility index (Phi) is 4.25. The zero-order valence-electron chi connectivity index (χ0n) is 10.2. The standard InChI is InChI=1S/C15H13BrOS/c1-10-3-5-14(7-11(10)2)18-15-6-4-13(16)8-12(15)9-17/h3-9H,1-2H3. The highest BCUT2D eigenvalue weighted by atomic mass is 79.9. The van der Waals surface area contributed by atoms with E-state index in [0.29, 0.717) is 5.56 Å². The third-order valence-electron chi connectivity index (χ3n) is 2.80. The van der Waals surface area contributed by atoms with Crippen LogP contribution in [0.3, 0.4) is 0 Å². The van der Waals surface area contributed by atoms with Crippen molar-refractivity contribution in [2.45, 2.75) is 23.6 Å². The highest BCUT2D eigenvalue weighted by Crippen LogP contribution is 2.32. The summed E-state index contributed by atoms with van der Waals surface area (Å²) in [5.74, 6) is 0. The summed E-state index contributed by atoms with van der Waals surface area (Å²) in [6.45, 7) is 4.20. The molecule has 0 bridgehead atoms. The second-order valence-electron chi connectivity index (χ2n) is 4.15. The number of benzene rings is 2. The van der Waals surface area contributed by atoms with E-state index in [9.17, 15) is 4.79 Å². The van der Waals surface area contributed by atoms with Crippen molar-refractivity contribution in [3.8, 4) is 0 Å². The van der Waals surface area contributed by atoms with Crippen LogP contribution < -0.4 is 0 Å². The SMILES string of the molecule is Cc1ccc(Sc2ccc(Br)cc2C=O)cc1C. The Hall–Kier alpha value is -1.06. The maximum atomic E-state index is 11.1. The molecule has 0 unspecified atom stereocenters. The van der Waals surface area contributed by atoms with Gasteiger partial charge in [0.25, 0.3) is 0 Å². The fraction of sp³-hybridized carbons (Fsp3) is 0.133. The molecule has 92 valence electrons. The molecule has 0 aliphatic rings. The van der Waals surface area contributed by atoms with E-state index in [1.807, 2.05) is 18.2 Å². The molecule has 18 heavy (non-hydrogen) atoms. The van der Waals surface area contributed by atoms with E-state index in [0.717, 1.165) is 20.5 Å². The second kappa shape index (κ2) is 5.72. The van der Waals surface area contributed by atoms with Crippen LogP contribution in [-0.4, -0.2) is 6.29 Å². The van der Waals surface area contributed by atoms with Gasteiger partial charge in [-0.05, 0) is 55.3 Å². The summed E-state index contributed by atoms with van der Waals surface area (Å²) in [6.07, 6.45) is 0.897. The van der Waals surface area contributed by atoms with Gasteiger partial charge in [0.1, 0.15) is 0 Å². The van der Waals surface area contributed by atoms with E-state index >= 15 is 0 Å². The zero-order chi connectivity index (χ0) is 13.1. The van der Waals surface area contributed by atoms with Crippen LogP contribution in [0.1, 0.15) is 21.5 Å². The predicted octanol–water partition coefficient (Wildman–Crippen LogP) is 5.03. The minimum atomic E-state index is 0.715. The van der Waals surface area contributed by atoms with Crippen molar-refractivity contribution < 1.29 is 4.79 Å². The summed E-state index contributed by atoms with van der Waals surface area (Å²) < 4.78 is 0.925. The number of aryl methyl sites for hydroxylation is 2. The molecule has 2 rings (SSSR count). The Labute approximate surface area is 120 Å². The Balaban J connectivity index is 2.33. The Morgan fingerprint density at radius 1 is 1.06 bits per heavy atom. The summed E-state index contributed by atoms with van der Waals surface area (Å²) in [6, 6.07) is 12.1. The van der Waals surface area contributed by atoms with Crippen LogP contribution in [0.4, 0.5) is 0 Å². The quantitative estimate of drug-likeness (QED) is 0.738. The number of carbonyl (C=O) groups excluding carboxylic acids is 1. The van der Waals surface area contributed by atoms with Gasteiger partial charge in [0.15, 0.2) is 6.29 Å². The highest BCUT2D eigenvalue weighted by molar-refractivity contribution is 9.10. The van der Waals surface area contributed by atoms with Gasteiger partial charge in [-0.1, -0.05) is 33.8 Å². The van der Waals surface area contributed by atoms with Crippen molar-refractivity contribution in [1.82, 2.24) is 0 Å². The van der Waals surface area contributed by atoms with Crippen molar-refractivity contribution in [2.24, 2.45) is 0 Å². The van der Waals surface area contributed by atoms with Gasteiger partial charge in [-0.2, -0.15) is 0 Å². The van der Waals surface area contributed by atoms with Gasteiger partial charge in [-0.3, -0.25) is 4.79 Å². The molecule has 0 fully saturated rings. The molecule has 1 nitrogen and oxygen atoms in total. The van der Waals surface area contributed by atoms with Gasteiger partial charge in [0.2, 0.25) is 0 Å². The Morgan fingerprint density at radius 2 is 1.83 bits per heavy atom. The first kappa shape index (κ1) is 13.4. The summed E-state index contributed by atoms with van der Waals surface area (Å²) in [7, 11) is 0. The molecular formula is C15H13BrOS. The van der Waals surface area contributed by atoms with Crippen molar-refractivity contribution in [2.75, 3.05) is 0 Å². The van der Waals surface area contributed by atoms with Crippen molar-refractivity contribution >= 4 is 34.0 Å². The van der Waals surface area contributed by atoms with Crippen molar-refractivity contribution in [3.05, 3.63) is 57.6 Å². The maximum absolute atomic E-state index is 11.1. The van der Waals surface area contributed by atoms with Crippen LogP contribution in [0.2, 0.25) is 0 Å². The molecular weight excluding hydrogens is 308 g/mol. The smallest absolute Gasteiger partial charge is 0.151 e. The van der Waals surface area contributed by atoms with Crippen molar-refractivity contribution in [1.29, 1.82) is 0 Å². The minimum Gasteiger partial charge on any atom is -0.298 e. The number of carbonyl (C=O) groups is 1. The maximum Gasteiger partial charge on any atom is 0.151 e. The molecule has 0 saturated carbocycles. The lowest BCUT2D eigenvalue weighted by Crippen LogP contribution is -1.86. The molecule has 0 atom stereocenters. The van der Waals surface area contributed by atoms with Crippen LogP contribution >= 0.6 is 27.7 Å². The van der Waals surface area contributed by atoms with Gasteiger partial charge >= 0.3 is 0 Å². The van der Waals surface area contributed by atoms with Gasteiger partial charge < -0.3 is 0 Å². The number of rotatable bonds is 3. The van der Waals surface area contributed by atoms with E-state index < -0.39 is 0 Å². The van der Waals surface area contributed by atoms with Gasteiger partial charge in [0, 0.05) is 19.8 Å². The molecule has 0 N–H and O–H groups in total. The van der Waals surface area contributed by atoms with Gasteiger partial charge in [-0.15, -0.1) is 0 Å². The minimum absolute atomic E-state index is 0.715. The summed E-state index contributed by atoms with van der Waals surface area (Å²) in [5, 5.41) is 0. The number of hydrogen-bond donors (Lipinski definition) is 0. The molecule has 2 aromatic carbocycles. The fourth-order valence-corrected chi connectivity index (χ4v) is 2.97. The summed E-state index contributed by atoms with van der Waals surface area (Å²) in [5.41, 5.74) is 3.27. The van der Waals surface area contributed by atoms with E-state index in [1.54, 1.807) is 11.8 Å². The average Bonchev–Trinajstić information content (AvgIpc) is 2.36. The molecule has 0 heterocycles.